The third-order valence-corrected chi connectivity index (χ3v) is 1.10. The number of imide groups is 1. The van der Waals surface area contributed by atoms with Crippen molar-refractivity contribution >= 4 is 18.3 Å². The zero-order chi connectivity index (χ0) is 9.02. The summed E-state index contributed by atoms with van der Waals surface area (Å²) in [5.74, 6) is -0.687. The van der Waals surface area contributed by atoms with Crippen molar-refractivity contribution in [3.05, 3.63) is 0 Å². The molecule has 1 N–H and O–H groups in total. The van der Waals surface area contributed by atoms with Gasteiger partial charge in [-0.3, -0.25) is 9.59 Å². The van der Waals surface area contributed by atoms with E-state index >= 15 is 0 Å². The van der Waals surface area contributed by atoms with Crippen molar-refractivity contribution in [3.63, 3.8) is 0 Å². The first kappa shape index (κ1) is 9.61. The van der Waals surface area contributed by atoms with Crippen LogP contribution in [0.4, 0.5) is 4.79 Å². The van der Waals surface area contributed by atoms with Crippen molar-refractivity contribution in [1.82, 2.24) is 4.90 Å². The van der Waals surface area contributed by atoms with Crippen LogP contribution in [-0.4, -0.2) is 34.3 Å². The molecule has 5 nitrogen and oxygen atoms in total. The van der Waals surface area contributed by atoms with Crippen molar-refractivity contribution in [3.8, 4) is 0 Å². The first-order valence-corrected chi connectivity index (χ1v) is 2.91. The standard InChI is InChI=1S/C6H8NO4/c1-4(3-8)7(5(2)9)6(10)11/h4H,1-2H3,(H,10,11)/t4-/m0/s1. The molecule has 5 heteroatoms. The number of carbonyl (C=O) groups is 2. The molecule has 2 amide bonds. The molecule has 1 atom stereocenters. The maximum Gasteiger partial charge on any atom is 0.414 e. The predicted molar refractivity (Wildman–Crippen MR) is 35.7 cm³/mol. The van der Waals surface area contributed by atoms with Crippen molar-refractivity contribution in [2.24, 2.45) is 0 Å². The van der Waals surface area contributed by atoms with Gasteiger partial charge >= 0.3 is 6.09 Å². The van der Waals surface area contributed by atoms with Crippen molar-refractivity contribution in [2.75, 3.05) is 0 Å². The van der Waals surface area contributed by atoms with E-state index in [4.69, 9.17) is 5.11 Å². The Morgan fingerprint density at radius 2 is 2.00 bits per heavy atom. The molecule has 0 spiro atoms. The molecule has 0 fully saturated rings. The first-order chi connectivity index (χ1) is 5.00. The normalized spacial score (nSPS) is 11.8. The summed E-state index contributed by atoms with van der Waals surface area (Å²) < 4.78 is 0. The van der Waals surface area contributed by atoms with Crippen LogP contribution in [-0.2, 0) is 9.59 Å². The molecule has 0 aromatic carbocycles. The highest BCUT2D eigenvalue weighted by molar-refractivity contribution is 5.92. The van der Waals surface area contributed by atoms with E-state index in [1.54, 1.807) is 0 Å². The van der Waals surface area contributed by atoms with Gasteiger partial charge in [0, 0.05) is 6.92 Å². The highest BCUT2D eigenvalue weighted by atomic mass is 16.4. The van der Waals surface area contributed by atoms with Crippen molar-refractivity contribution < 1.29 is 19.5 Å². The number of hydrogen-bond donors (Lipinski definition) is 1. The van der Waals surface area contributed by atoms with E-state index in [2.05, 4.69) is 0 Å². The van der Waals surface area contributed by atoms with Crippen LogP contribution in [0.25, 0.3) is 0 Å². The van der Waals surface area contributed by atoms with E-state index in [9.17, 15) is 14.4 Å². The van der Waals surface area contributed by atoms with Gasteiger partial charge in [0.2, 0.25) is 12.2 Å². The molecular weight excluding hydrogens is 150 g/mol. The molecule has 0 aromatic heterocycles. The van der Waals surface area contributed by atoms with Gasteiger partial charge in [-0.05, 0) is 6.92 Å². The van der Waals surface area contributed by atoms with E-state index in [0.29, 0.717) is 4.90 Å². The zero-order valence-electron chi connectivity index (χ0n) is 6.20. The van der Waals surface area contributed by atoms with Crippen LogP contribution in [0.2, 0.25) is 0 Å². The van der Waals surface area contributed by atoms with Crippen molar-refractivity contribution in [2.45, 2.75) is 19.9 Å². The molecule has 0 aliphatic carbocycles. The minimum atomic E-state index is -1.44. The number of hydrogen-bond acceptors (Lipinski definition) is 3. The Morgan fingerprint density at radius 1 is 1.55 bits per heavy atom. The van der Waals surface area contributed by atoms with Gasteiger partial charge in [-0.25, -0.2) is 9.69 Å². The number of nitrogens with zero attached hydrogens (tertiary/aromatic N) is 1. The second kappa shape index (κ2) is 3.70. The molecule has 0 saturated carbocycles. The Balaban J connectivity index is 4.46. The van der Waals surface area contributed by atoms with Crippen LogP contribution in [0.5, 0.6) is 0 Å². The number of carbonyl (C=O) groups excluding carboxylic acids is 2. The van der Waals surface area contributed by atoms with Crippen LogP contribution in [0.15, 0.2) is 0 Å². The van der Waals surface area contributed by atoms with Gasteiger partial charge in [0.1, 0.15) is 6.04 Å². The van der Waals surface area contributed by atoms with E-state index in [-0.39, 0.29) is 0 Å². The molecule has 11 heavy (non-hydrogen) atoms. The van der Waals surface area contributed by atoms with Gasteiger partial charge in [-0.15, -0.1) is 0 Å². The lowest BCUT2D eigenvalue weighted by Crippen LogP contribution is -2.41. The summed E-state index contributed by atoms with van der Waals surface area (Å²) in [6.45, 7) is 2.35. The maximum absolute atomic E-state index is 10.6. The summed E-state index contributed by atoms with van der Waals surface area (Å²) in [6, 6.07) is -1.04. The summed E-state index contributed by atoms with van der Waals surface area (Å²) in [4.78, 5) is 31.2. The molecule has 0 aromatic rings. The molecule has 0 aliphatic heterocycles. The highest BCUT2D eigenvalue weighted by Crippen LogP contribution is 1.96. The summed E-state index contributed by atoms with van der Waals surface area (Å²) in [5, 5.41) is 8.37. The molecular formula is C6H8NO4. The molecule has 0 rings (SSSR count). The molecule has 0 aliphatic rings. The Labute approximate surface area is 63.6 Å². The van der Waals surface area contributed by atoms with Gasteiger partial charge in [0.25, 0.3) is 0 Å². The van der Waals surface area contributed by atoms with E-state index < -0.39 is 18.0 Å². The summed E-state index contributed by atoms with van der Waals surface area (Å²) >= 11 is 0. The summed E-state index contributed by atoms with van der Waals surface area (Å²) in [6.07, 6.45) is -0.0348. The lowest BCUT2D eigenvalue weighted by molar-refractivity contribution is -0.127. The zero-order valence-corrected chi connectivity index (χ0v) is 6.20. The lowest BCUT2D eigenvalue weighted by Gasteiger charge is -2.16. The SMILES string of the molecule is CC(=O)N(C(=O)O)[C@@H](C)[C]=O. The van der Waals surface area contributed by atoms with Crippen LogP contribution in [0.1, 0.15) is 13.8 Å². The van der Waals surface area contributed by atoms with Crippen LogP contribution < -0.4 is 0 Å². The monoisotopic (exact) mass is 158 g/mol. The minimum absolute atomic E-state index is 0.410. The van der Waals surface area contributed by atoms with Crippen LogP contribution in [0, 0.1) is 0 Å². The largest absolute Gasteiger partial charge is 0.465 e. The van der Waals surface area contributed by atoms with Gasteiger partial charge in [-0.2, -0.15) is 0 Å². The fourth-order valence-corrected chi connectivity index (χ4v) is 0.626. The third kappa shape index (κ3) is 2.37. The Kier molecular flexibility index (Phi) is 3.23. The average Bonchev–Trinajstić information content (AvgIpc) is 1.85. The third-order valence-electron chi connectivity index (χ3n) is 1.10. The van der Waals surface area contributed by atoms with E-state index in [1.165, 1.54) is 13.2 Å². The predicted octanol–water partition coefficient (Wildman–Crippen LogP) is 0.0111. The molecule has 1 radical (unpaired) electrons. The smallest absolute Gasteiger partial charge is 0.414 e. The second-order valence-corrected chi connectivity index (χ2v) is 1.97. The van der Waals surface area contributed by atoms with E-state index in [0.717, 1.165) is 6.92 Å². The Morgan fingerprint density at radius 3 is 2.09 bits per heavy atom. The molecule has 0 heterocycles. The van der Waals surface area contributed by atoms with Gasteiger partial charge in [0.15, 0.2) is 0 Å². The number of rotatable bonds is 2. The Bertz CT molecular complexity index is 175. The van der Waals surface area contributed by atoms with E-state index in [1.807, 2.05) is 0 Å². The molecule has 0 unspecified atom stereocenters. The van der Waals surface area contributed by atoms with Crippen LogP contribution >= 0.6 is 0 Å². The number of carboxylic acid groups (broad SMARTS) is 1. The summed E-state index contributed by atoms with van der Waals surface area (Å²) in [7, 11) is 0. The summed E-state index contributed by atoms with van der Waals surface area (Å²) in [5.41, 5.74) is 0. The lowest BCUT2D eigenvalue weighted by atomic mass is 10.3. The first-order valence-electron chi connectivity index (χ1n) is 2.91. The second-order valence-electron chi connectivity index (χ2n) is 1.97. The average molecular weight is 158 g/mol. The van der Waals surface area contributed by atoms with Gasteiger partial charge < -0.3 is 5.11 Å². The van der Waals surface area contributed by atoms with Crippen LogP contribution in [0.3, 0.4) is 0 Å². The quantitative estimate of drug-likeness (QED) is 0.614. The Hall–Kier alpha value is -1.39. The fourth-order valence-electron chi connectivity index (χ4n) is 0.626. The molecule has 0 bridgehead atoms. The van der Waals surface area contributed by atoms with Gasteiger partial charge in [0.05, 0.1) is 0 Å². The topological polar surface area (TPSA) is 74.7 Å². The molecule has 61 valence electrons. The molecule has 0 saturated heterocycles. The van der Waals surface area contributed by atoms with Gasteiger partial charge in [-0.1, -0.05) is 0 Å². The highest BCUT2D eigenvalue weighted by Gasteiger charge is 2.23. The minimum Gasteiger partial charge on any atom is -0.465 e. The number of amides is 2. The van der Waals surface area contributed by atoms with Crippen molar-refractivity contribution in [1.29, 1.82) is 0 Å². The maximum atomic E-state index is 10.6. The fraction of sp³-hybridized carbons (Fsp3) is 0.500.